The highest BCUT2D eigenvalue weighted by Crippen LogP contribution is 2.25. The molecule has 0 aliphatic carbocycles. The third-order valence-electron chi connectivity index (χ3n) is 6.69. The van der Waals surface area contributed by atoms with E-state index in [4.69, 9.17) is 9.26 Å². The number of amides is 2. The molecule has 38 heavy (non-hydrogen) atoms. The Labute approximate surface area is 222 Å². The lowest BCUT2D eigenvalue weighted by Gasteiger charge is -2.29. The molecule has 1 aromatic rings. The minimum atomic E-state index is -1.42. The van der Waals surface area contributed by atoms with Crippen molar-refractivity contribution in [1.82, 2.24) is 15.4 Å². The summed E-state index contributed by atoms with van der Waals surface area (Å²) in [5.74, 6) is -1.37. The number of cyclic esters (lactones) is 1. The van der Waals surface area contributed by atoms with Crippen LogP contribution in [0, 0.1) is 11.8 Å². The van der Waals surface area contributed by atoms with Crippen molar-refractivity contribution < 1.29 is 33.1 Å². The zero-order valence-electron chi connectivity index (χ0n) is 22.4. The molecule has 1 aromatic heterocycles. The Balaban J connectivity index is 1.85. The van der Waals surface area contributed by atoms with Crippen molar-refractivity contribution in [3.63, 3.8) is 0 Å². The average molecular weight is 532 g/mol. The van der Waals surface area contributed by atoms with Gasteiger partial charge in [0, 0.05) is 37.9 Å². The molecule has 2 amide bonds. The number of fused-ring (bicyclic) bond motifs is 3. The number of esters is 1. The number of alkyl halides is 1. The van der Waals surface area contributed by atoms with E-state index in [1.807, 2.05) is 20.8 Å². The topological polar surface area (TPSA) is 122 Å². The van der Waals surface area contributed by atoms with Crippen molar-refractivity contribution in [2.75, 3.05) is 13.1 Å². The van der Waals surface area contributed by atoms with E-state index in [0.717, 1.165) is 5.57 Å². The van der Waals surface area contributed by atoms with Gasteiger partial charge < -0.3 is 24.6 Å². The molecule has 2 aliphatic heterocycles. The molecule has 208 valence electrons. The smallest absolute Gasteiger partial charge is 0.329 e. The number of aliphatic hydroxyl groups excluding tert-OH is 1. The molecule has 0 saturated carbocycles. The van der Waals surface area contributed by atoms with Crippen molar-refractivity contribution in [3.8, 4) is 0 Å². The van der Waals surface area contributed by atoms with Crippen LogP contribution < -0.4 is 5.32 Å². The van der Waals surface area contributed by atoms with Gasteiger partial charge in [0.1, 0.15) is 24.1 Å². The molecular formula is C28H38FN3O6. The largest absolute Gasteiger partial charge is 0.460 e. The highest BCUT2D eigenvalue weighted by molar-refractivity contribution is 5.95. The van der Waals surface area contributed by atoms with Crippen LogP contribution >= 0.6 is 0 Å². The number of halogens is 1. The lowest BCUT2D eigenvalue weighted by atomic mass is 9.94. The third kappa shape index (κ3) is 8.11. The van der Waals surface area contributed by atoms with Crippen LogP contribution in [0.4, 0.5) is 4.39 Å². The highest BCUT2D eigenvalue weighted by atomic mass is 19.1. The van der Waals surface area contributed by atoms with Crippen LogP contribution in [0.15, 0.2) is 46.5 Å². The first-order valence-electron chi connectivity index (χ1n) is 13.1. The van der Waals surface area contributed by atoms with Crippen molar-refractivity contribution in [2.24, 2.45) is 11.8 Å². The number of ether oxygens (including phenoxy) is 1. The zero-order valence-corrected chi connectivity index (χ0v) is 22.4. The van der Waals surface area contributed by atoms with E-state index in [1.54, 1.807) is 25.2 Å². The number of hydrogen-bond donors (Lipinski definition) is 2. The Morgan fingerprint density at radius 1 is 1.24 bits per heavy atom. The molecule has 0 radical (unpaired) electrons. The molecule has 2 aliphatic rings. The van der Waals surface area contributed by atoms with E-state index < -0.39 is 36.3 Å². The van der Waals surface area contributed by atoms with Gasteiger partial charge in [0.15, 0.2) is 5.69 Å². The minimum Gasteiger partial charge on any atom is -0.460 e. The van der Waals surface area contributed by atoms with Crippen LogP contribution in [0.3, 0.4) is 0 Å². The third-order valence-corrected chi connectivity index (χ3v) is 6.69. The van der Waals surface area contributed by atoms with E-state index in [0.29, 0.717) is 19.4 Å². The maximum atomic E-state index is 14.6. The molecule has 0 spiro atoms. The Morgan fingerprint density at radius 2 is 2.00 bits per heavy atom. The summed E-state index contributed by atoms with van der Waals surface area (Å²) in [7, 11) is 0. The maximum Gasteiger partial charge on any atom is 0.329 e. The van der Waals surface area contributed by atoms with Crippen molar-refractivity contribution >= 4 is 17.8 Å². The Bertz CT molecular complexity index is 1080. The Kier molecular flexibility index (Phi) is 10.4. The molecule has 5 atom stereocenters. The average Bonchev–Trinajstić information content (AvgIpc) is 3.52. The van der Waals surface area contributed by atoms with Gasteiger partial charge in [0.05, 0.1) is 6.10 Å². The van der Waals surface area contributed by atoms with Gasteiger partial charge in [-0.3, -0.25) is 9.59 Å². The second-order valence-corrected chi connectivity index (χ2v) is 10.4. The molecule has 9 nitrogen and oxygen atoms in total. The summed E-state index contributed by atoms with van der Waals surface area (Å²) < 4.78 is 25.7. The van der Waals surface area contributed by atoms with Crippen LogP contribution in [0.2, 0.25) is 0 Å². The minimum absolute atomic E-state index is 0.00515. The van der Waals surface area contributed by atoms with Gasteiger partial charge in [0.2, 0.25) is 5.91 Å². The maximum absolute atomic E-state index is 14.6. The van der Waals surface area contributed by atoms with Crippen LogP contribution in [-0.2, 0) is 20.7 Å². The van der Waals surface area contributed by atoms with Crippen molar-refractivity contribution in [1.29, 1.82) is 0 Å². The summed E-state index contributed by atoms with van der Waals surface area (Å²) in [4.78, 5) is 40.0. The molecule has 1 fully saturated rings. The van der Waals surface area contributed by atoms with Gasteiger partial charge in [-0.1, -0.05) is 55.8 Å². The lowest BCUT2D eigenvalue weighted by Crippen LogP contribution is -2.44. The monoisotopic (exact) mass is 531 g/mol. The van der Waals surface area contributed by atoms with Crippen LogP contribution in [-0.4, -0.2) is 70.5 Å². The predicted molar refractivity (Wildman–Crippen MR) is 139 cm³/mol. The number of aromatic nitrogens is 1. The second kappa shape index (κ2) is 13.5. The summed E-state index contributed by atoms with van der Waals surface area (Å²) in [6.07, 6.45) is 5.94. The first kappa shape index (κ1) is 29.3. The van der Waals surface area contributed by atoms with E-state index >= 15 is 0 Å². The fourth-order valence-electron chi connectivity index (χ4n) is 4.78. The normalized spacial score (nSPS) is 31.7. The molecule has 1 saturated heterocycles. The summed E-state index contributed by atoms with van der Waals surface area (Å²) in [5.41, 5.74) is 0.713. The number of carbonyl (C=O) groups is 3. The van der Waals surface area contributed by atoms with Gasteiger partial charge in [-0.05, 0) is 31.8 Å². The number of aliphatic hydroxyl groups is 1. The molecule has 3 rings (SSSR count). The quantitative estimate of drug-likeness (QED) is 0.533. The summed E-state index contributed by atoms with van der Waals surface area (Å²) in [6, 6.07) is 0.616. The molecule has 10 heteroatoms. The van der Waals surface area contributed by atoms with Gasteiger partial charge in [-0.25, -0.2) is 9.18 Å². The van der Waals surface area contributed by atoms with Crippen LogP contribution in [0.5, 0.6) is 0 Å². The number of rotatable bonds is 1. The molecule has 3 heterocycles. The number of carbonyl (C=O) groups excluding carboxylic acids is 3. The van der Waals surface area contributed by atoms with Gasteiger partial charge >= 0.3 is 5.97 Å². The number of allylic oxidation sites excluding steroid dienone is 2. The van der Waals surface area contributed by atoms with Crippen LogP contribution in [0.1, 0.15) is 63.2 Å². The van der Waals surface area contributed by atoms with Crippen LogP contribution in [0.25, 0.3) is 0 Å². The van der Waals surface area contributed by atoms with Gasteiger partial charge in [-0.15, -0.1) is 0 Å². The zero-order chi connectivity index (χ0) is 27.8. The van der Waals surface area contributed by atoms with E-state index in [1.165, 1.54) is 23.1 Å². The fourth-order valence-corrected chi connectivity index (χ4v) is 4.78. The van der Waals surface area contributed by atoms with E-state index in [-0.39, 0.29) is 48.6 Å². The standard InChI is InChI=1S/C28H38FN3O6/c1-17(2)26-19(4)9-10-25(34)30-11-5-7-18(3)13-21(33)14-20(29)15-22-16-23(31-38-22)27(35)32-12-6-8-24(32)28(36)37-26/h5,7,9-10,13,16-17,19-21,24,26,33H,6,8,11-12,14-15H2,1-4H3,(H,30,34)/b7-5+,10-9+,18-13+. The molecular weight excluding hydrogens is 493 g/mol. The van der Waals surface area contributed by atoms with Gasteiger partial charge in [-0.2, -0.15) is 0 Å². The predicted octanol–water partition coefficient (Wildman–Crippen LogP) is 3.30. The molecule has 0 aromatic carbocycles. The molecule has 2 bridgehead atoms. The van der Waals surface area contributed by atoms with Crippen molar-refractivity contribution in [2.45, 2.75) is 77.8 Å². The highest BCUT2D eigenvalue weighted by Gasteiger charge is 2.38. The van der Waals surface area contributed by atoms with E-state index in [9.17, 15) is 23.9 Å². The van der Waals surface area contributed by atoms with Crippen molar-refractivity contribution in [3.05, 3.63) is 53.5 Å². The summed E-state index contributed by atoms with van der Waals surface area (Å²) >= 11 is 0. The Hall–Kier alpha value is -3.27. The molecule has 5 unspecified atom stereocenters. The Morgan fingerprint density at radius 3 is 2.74 bits per heavy atom. The first-order chi connectivity index (χ1) is 18.0. The summed E-state index contributed by atoms with van der Waals surface area (Å²) in [6.45, 7) is 8.13. The summed E-state index contributed by atoms with van der Waals surface area (Å²) in [5, 5.41) is 16.8. The SMILES string of the molecule is CC1=C\C(O)CC(F)Cc2cc(no2)C(=O)N2CCCC2C(=O)OC(C(C)C)C(C)/C=C/C(=O)NC\C=C\1. The number of nitrogens with one attached hydrogen (secondary N) is 1. The first-order valence-corrected chi connectivity index (χ1v) is 13.1. The number of nitrogens with zero attached hydrogens (tertiary/aromatic N) is 2. The molecule has 2 N–H and O–H groups in total. The van der Waals surface area contributed by atoms with Gasteiger partial charge in [0.25, 0.3) is 5.91 Å². The lowest BCUT2D eigenvalue weighted by molar-refractivity contribution is -0.158. The fraction of sp³-hybridized carbons (Fsp3) is 0.571. The van der Waals surface area contributed by atoms with E-state index in [2.05, 4.69) is 10.5 Å². The number of hydrogen-bond acceptors (Lipinski definition) is 7. The second-order valence-electron chi connectivity index (χ2n) is 10.4.